The number of phenols is 1. The number of halogens is 1. The maximum absolute atomic E-state index is 10.2. The van der Waals surface area contributed by atoms with Crippen LogP contribution in [0.15, 0.2) is 54.6 Å². The van der Waals surface area contributed by atoms with E-state index in [0.717, 1.165) is 22.7 Å². The van der Waals surface area contributed by atoms with E-state index in [4.69, 9.17) is 11.6 Å². The predicted molar refractivity (Wildman–Crippen MR) is 85.9 cm³/mol. The molecule has 1 aliphatic carbocycles. The van der Waals surface area contributed by atoms with Crippen molar-refractivity contribution in [1.82, 2.24) is 0 Å². The molecule has 2 aromatic rings. The molecule has 4 rings (SSSR count). The Morgan fingerprint density at radius 1 is 1.10 bits per heavy atom. The van der Waals surface area contributed by atoms with E-state index >= 15 is 0 Å². The zero-order chi connectivity index (χ0) is 14.4. The molecule has 0 unspecified atom stereocenters. The average Bonchev–Trinajstić information content (AvgIpc) is 3.00. The zero-order valence-electron chi connectivity index (χ0n) is 11.5. The van der Waals surface area contributed by atoms with Gasteiger partial charge in [-0.05, 0) is 30.0 Å². The quantitative estimate of drug-likeness (QED) is 0.581. The number of benzene rings is 2. The topological polar surface area (TPSA) is 32.3 Å². The van der Waals surface area contributed by atoms with Crippen molar-refractivity contribution in [2.45, 2.75) is 18.4 Å². The van der Waals surface area contributed by atoms with Gasteiger partial charge in [0.15, 0.2) is 0 Å². The summed E-state index contributed by atoms with van der Waals surface area (Å²) in [5, 5.41) is 14.5. The molecule has 3 atom stereocenters. The lowest BCUT2D eigenvalue weighted by Crippen LogP contribution is -2.29. The van der Waals surface area contributed by atoms with E-state index in [9.17, 15) is 5.11 Å². The highest BCUT2D eigenvalue weighted by Crippen LogP contribution is 2.53. The minimum atomic E-state index is 0.197. The van der Waals surface area contributed by atoms with Crippen LogP contribution in [0.3, 0.4) is 0 Å². The maximum Gasteiger partial charge on any atom is 0.139 e. The second-order valence-electron chi connectivity index (χ2n) is 5.74. The summed E-state index contributed by atoms with van der Waals surface area (Å²) in [4.78, 5) is 0. The number of allylic oxidation sites excluding steroid dienone is 2. The summed E-state index contributed by atoms with van der Waals surface area (Å²) in [6, 6.07) is 14.1. The second kappa shape index (κ2) is 4.81. The molecule has 0 amide bonds. The number of rotatable bonds is 1. The molecule has 2 N–H and O–H groups in total. The Morgan fingerprint density at radius 3 is 2.71 bits per heavy atom. The molecule has 1 aliphatic heterocycles. The first-order chi connectivity index (χ1) is 10.3. The summed E-state index contributed by atoms with van der Waals surface area (Å²) in [7, 11) is 0. The van der Waals surface area contributed by atoms with Crippen LogP contribution < -0.4 is 5.32 Å². The summed E-state index contributed by atoms with van der Waals surface area (Å²) in [6.45, 7) is 0. The van der Waals surface area contributed by atoms with Crippen LogP contribution in [0.1, 0.15) is 29.5 Å². The first-order valence-corrected chi connectivity index (χ1v) is 7.63. The SMILES string of the molecule is Oc1ccc(Cl)c2c1N[C@H](c1ccccc1)[C@@H]1CC=C[C@H]21. The van der Waals surface area contributed by atoms with Crippen LogP contribution in [-0.2, 0) is 0 Å². The van der Waals surface area contributed by atoms with E-state index in [-0.39, 0.29) is 17.7 Å². The van der Waals surface area contributed by atoms with E-state index in [1.165, 1.54) is 5.56 Å². The van der Waals surface area contributed by atoms with Gasteiger partial charge in [0.1, 0.15) is 5.75 Å². The van der Waals surface area contributed by atoms with Crippen molar-refractivity contribution in [1.29, 1.82) is 0 Å². The fraction of sp³-hybridized carbons (Fsp3) is 0.222. The highest BCUT2D eigenvalue weighted by Gasteiger charge is 2.39. The van der Waals surface area contributed by atoms with Gasteiger partial charge < -0.3 is 10.4 Å². The molecule has 3 heteroatoms. The van der Waals surface area contributed by atoms with Crippen LogP contribution in [0.2, 0.25) is 5.02 Å². The molecule has 0 fully saturated rings. The molecule has 0 aromatic heterocycles. The standard InChI is InChI=1S/C18H16ClNO/c19-14-9-10-15(21)18-16(14)12-7-4-8-13(12)17(20-18)11-5-2-1-3-6-11/h1-7,9-10,12-13,17,20-21H,8H2/t12-,13+,17+/m0/s1. The van der Waals surface area contributed by atoms with Crippen LogP contribution in [0.4, 0.5) is 5.69 Å². The molecular weight excluding hydrogens is 282 g/mol. The van der Waals surface area contributed by atoms with E-state index in [1.807, 2.05) is 6.07 Å². The van der Waals surface area contributed by atoms with Crippen molar-refractivity contribution in [2.75, 3.05) is 5.32 Å². The summed E-state index contributed by atoms with van der Waals surface area (Å²) in [5.74, 6) is 0.985. The number of hydrogen-bond donors (Lipinski definition) is 2. The lowest BCUT2D eigenvalue weighted by molar-refractivity contribution is 0.415. The molecule has 0 saturated heterocycles. The highest BCUT2D eigenvalue weighted by molar-refractivity contribution is 6.32. The minimum absolute atomic E-state index is 0.197. The number of fused-ring (bicyclic) bond motifs is 3. The van der Waals surface area contributed by atoms with Gasteiger partial charge in [0.25, 0.3) is 0 Å². The van der Waals surface area contributed by atoms with Crippen molar-refractivity contribution in [3.05, 3.63) is 70.8 Å². The number of aromatic hydroxyl groups is 1. The molecule has 106 valence electrons. The molecule has 0 saturated carbocycles. The molecule has 0 bridgehead atoms. The van der Waals surface area contributed by atoms with Gasteiger partial charge in [0, 0.05) is 16.5 Å². The Kier molecular flexibility index (Phi) is 2.93. The third-order valence-electron chi connectivity index (χ3n) is 4.60. The minimum Gasteiger partial charge on any atom is -0.506 e. The second-order valence-corrected chi connectivity index (χ2v) is 6.15. The average molecular weight is 298 g/mol. The fourth-order valence-electron chi connectivity index (χ4n) is 3.64. The van der Waals surface area contributed by atoms with E-state index in [1.54, 1.807) is 12.1 Å². The largest absolute Gasteiger partial charge is 0.506 e. The molecule has 0 radical (unpaired) electrons. The lowest BCUT2D eigenvalue weighted by Gasteiger charge is -2.38. The summed E-state index contributed by atoms with van der Waals surface area (Å²) < 4.78 is 0. The predicted octanol–water partition coefficient (Wildman–Crippen LogP) is 4.87. The van der Waals surface area contributed by atoms with Gasteiger partial charge in [-0.2, -0.15) is 0 Å². The summed E-state index contributed by atoms with van der Waals surface area (Å²) in [6.07, 6.45) is 5.48. The van der Waals surface area contributed by atoms with Crippen LogP contribution in [0, 0.1) is 5.92 Å². The maximum atomic E-state index is 10.2. The van der Waals surface area contributed by atoms with E-state index < -0.39 is 0 Å². The van der Waals surface area contributed by atoms with Gasteiger partial charge >= 0.3 is 0 Å². The van der Waals surface area contributed by atoms with Gasteiger partial charge in [0.05, 0.1) is 11.7 Å². The van der Waals surface area contributed by atoms with E-state index in [2.05, 4.69) is 41.7 Å². The lowest BCUT2D eigenvalue weighted by atomic mass is 9.77. The number of phenolic OH excluding ortho intramolecular Hbond substituents is 1. The van der Waals surface area contributed by atoms with E-state index in [0.29, 0.717) is 5.92 Å². The van der Waals surface area contributed by atoms with Crippen molar-refractivity contribution in [3.63, 3.8) is 0 Å². The van der Waals surface area contributed by atoms with Gasteiger partial charge in [-0.15, -0.1) is 0 Å². The first-order valence-electron chi connectivity index (χ1n) is 7.25. The van der Waals surface area contributed by atoms with Crippen LogP contribution >= 0.6 is 11.6 Å². The molecule has 1 heterocycles. The van der Waals surface area contributed by atoms with Crippen molar-refractivity contribution in [2.24, 2.45) is 5.92 Å². The summed E-state index contributed by atoms with van der Waals surface area (Å²) >= 11 is 6.39. The summed E-state index contributed by atoms with van der Waals surface area (Å²) in [5.41, 5.74) is 3.06. The monoisotopic (exact) mass is 297 g/mol. The molecule has 2 aromatic carbocycles. The van der Waals surface area contributed by atoms with Gasteiger partial charge in [0.2, 0.25) is 0 Å². The molecule has 0 spiro atoms. The number of hydrogen-bond acceptors (Lipinski definition) is 2. The Morgan fingerprint density at radius 2 is 1.90 bits per heavy atom. The third kappa shape index (κ3) is 1.94. The Labute approximate surface area is 129 Å². The van der Waals surface area contributed by atoms with Crippen LogP contribution in [-0.4, -0.2) is 5.11 Å². The highest BCUT2D eigenvalue weighted by atomic mass is 35.5. The van der Waals surface area contributed by atoms with Gasteiger partial charge in [-0.1, -0.05) is 54.1 Å². The van der Waals surface area contributed by atoms with Gasteiger partial charge in [-0.3, -0.25) is 0 Å². The van der Waals surface area contributed by atoms with Crippen LogP contribution in [0.5, 0.6) is 5.75 Å². The zero-order valence-corrected chi connectivity index (χ0v) is 12.2. The molecular formula is C18H16ClNO. The Balaban J connectivity index is 1.86. The molecule has 2 nitrogen and oxygen atoms in total. The first kappa shape index (κ1) is 12.8. The van der Waals surface area contributed by atoms with Crippen molar-refractivity contribution >= 4 is 17.3 Å². The van der Waals surface area contributed by atoms with Crippen LogP contribution in [0.25, 0.3) is 0 Å². The van der Waals surface area contributed by atoms with Crippen molar-refractivity contribution in [3.8, 4) is 5.75 Å². The normalized spacial score (nSPS) is 26.0. The smallest absolute Gasteiger partial charge is 0.139 e. The van der Waals surface area contributed by atoms with Gasteiger partial charge in [-0.25, -0.2) is 0 Å². The molecule has 2 aliphatic rings. The Bertz CT molecular complexity index is 711. The third-order valence-corrected chi connectivity index (χ3v) is 4.93. The number of anilines is 1. The van der Waals surface area contributed by atoms with Crippen molar-refractivity contribution < 1.29 is 5.11 Å². The Hall–Kier alpha value is -1.93. The fourth-order valence-corrected chi connectivity index (χ4v) is 3.92. The molecule has 21 heavy (non-hydrogen) atoms. The number of nitrogens with one attached hydrogen (secondary N) is 1.